The van der Waals surface area contributed by atoms with Crippen LogP contribution in [-0.2, 0) is 4.74 Å². The third kappa shape index (κ3) is 10.4. The maximum Gasteiger partial charge on any atom is 0.0462 e. The Morgan fingerprint density at radius 2 is 1.45 bits per heavy atom. The average Bonchev–Trinajstić information content (AvgIpc) is 2.03. The highest BCUT2D eigenvalue weighted by molar-refractivity contribution is 7.16. The first-order valence-corrected chi connectivity index (χ1v) is 5.42. The molecule has 0 saturated heterocycles. The van der Waals surface area contributed by atoms with E-state index in [1.54, 1.807) is 7.11 Å². The molecule has 0 aliphatic carbocycles. The van der Waals surface area contributed by atoms with E-state index in [0.717, 1.165) is 6.61 Å². The van der Waals surface area contributed by atoms with Crippen molar-refractivity contribution in [1.29, 1.82) is 0 Å². The predicted octanol–water partition coefficient (Wildman–Crippen LogP) is 2.85. The van der Waals surface area contributed by atoms with Crippen molar-refractivity contribution in [2.24, 2.45) is 0 Å². The molecule has 0 aromatic rings. The summed E-state index contributed by atoms with van der Waals surface area (Å²) in [6.45, 7) is 0.934. The van der Waals surface area contributed by atoms with Crippen LogP contribution in [0.5, 0.6) is 0 Å². The Hall–Kier alpha value is 0.390. The summed E-state index contributed by atoms with van der Waals surface area (Å²) in [6.07, 6.45) is 9.39. The molecule has 0 aliphatic rings. The molecular formula is C9H21OP. The van der Waals surface area contributed by atoms with Gasteiger partial charge in [0.2, 0.25) is 0 Å². The van der Waals surface area contributed by atoms with E-state index < -0.39 is 0 Å². The van der Waals surface area contributed by atoms with Crippen molar-refractivity contribution in [2.45, 2.75) is 38.5 Å². The molecule has 1 unspecified atom stereocenters. The summed E-state index contributed by atoms with van der Waals surface area (Å²) >= 11 is 0. The lowest BCUT2D eigenvalue weighted by Crippen LogP contribution is -1.88. The number of methoxy groups -OCH3 is 1. The normalized spacial score (nSPS) is 10.4. The highest BCUT2D eigenvalue weighted by atomic mass is 31.0. The van der Waals surface area contributed by atoms with Gasteiger partial charge < -0.3 is 4.74 Å². The van der Waals surface area contributed by atoms with Gasteiger partial charge in [0.1, 0.15) is 0 Å². The molecule has 0 saturated carbocycles. The smallest absolute Gasteiger partial charge is 0.0462 e. The molecule has 0 spiro atoms. The van der Waals surface area contributed by atoms with Crippen LogP contribution in [-0.4, -0.2) is 19.9 Å². The van der Waals surface area contributed by atoms with Crippen LogP contribution in [0.1, 0.15) is 38.5 Å². The summed E-state index contributed by atoms with van der Waals surface area (Å²) < 4.78 is 4.97. The van der Waals surface area contributed by atoms with Gasteiger partial charge in [-0.3, -0.25) is 0 Å². The first-order valence-electron chi connectivity index (χ1n) is 4.61. The first kappa shape index (κ1) is 11.4. The van der Waals surface area contributed by atoms with E-state index in [1.807, 2.05) is 0 Å². The quantitative estimate of drug-likeness (QED) is 0.408. The predicted molar refractivity (Wildman–Crippen MR) is 54.2 cm³/mol. The molecule has 0 rings (SSSR count). The molecule has 0 aromatic heterocycles. The fourth-order valence-electron chi connectivity index (χ4n) is 1.10. The zero-order valence-corrected chi connectivity index (χ0v) is 8.80. The third-order valence-corrected chi connectivity index (χ3v) is 2.21. The van der Waals surface area contributed by atoms with Crippen molar-refractivity contribution in [2.75, 3.05) is 19.9 Å². The van der Waals surface area contributed by atoms with Gasteiger partial charge in [-0.25, -0.2) is 0 Å². The van der Waals surface area contributed by atoms with Gasteiger partial charge in [-0.1, -0.05) is 25.7 Å². The van der Waals surface area contributed by atoms with Crippen LogP contribution in [0.4, 0.5) is 0 Å². The van der Waals surface area contributed by atoms with Crippen molar-refractivity contribution in [3.8, 4) is 0 Å². The van der Waals surface area contributed by atoms with Gasteiger partial charge in [0, 0.05) is 13.7 Å². The van der Waals surface area contributed by atoms with Crippen molar-refractivity contribution in [3.05, 3.63) is 0 Å². The van der Waals surface area contributed by atoms with Crippen LogP contribution in [0.15, 0.2) is 0 Å². The van der Waals surface area contributed by atoms with Crippen molar-refractivity contribution in [1.82, 2.24) is 0 Å². The van der Waals surface area contributed by atoms with Crippen LogP contribution in [0.2, 0.25) is 0 Å². The molecule has 11 heavy (non-hydrogen) atoms. The second kappa shape index (κ2) is 10.4. The average molecular weight is 176 g/mol. The van der Waals surface area contributed by atoms with E-state index >= 15 is 0 Å². The second-order valence-corrected chi connectivity index (χ2v) is 3.48. The molecule has 0 bridgehead atoms. The van der Waals surface area contributed by atoms with Gasteiger partial charge in [0.15, 0.2) is 0 Å². The van der Waals surface area contributed by atoms with Gasteiger partial charge in [-0.15, -0.1) is 9.24 Å². The Morgan fingerprint density at radius 3 is 2.00 bits per heavy atom. The summed E-state index contributed by atoms with van der Waals surface area (Å²) in [5.41, 5.74) is 0. The minimum Gasteiger partial charge on any atom is -0.385 e. The molecule has 0 N–H and O–H groups in total. The number of rotatable bonds is 8. The fraction of sp³-hybridized carbons (Fsp3) is 1.00. The highest BCUT2D eigenvalue weighted by Gasteiger charge is 1.89. The molecule has 0 fully saturated rings. The van der Waals surface area contributed by atoms with E-state index in [9.17, 15) is 0 Å². The van der Waals surface area contributed by atoms with E-state index in [-0.39, 0.29) is 0 Å². The maximum atomic E-state index is 4.97. The van der Waals surface area contributed by atoms with Gasteiger partial charge in [0.25, 0.3) is 0 Å². The van der Waals surface area contributed by atoms with E-state index in [0.29, 0.717) is 0 Å². The first-order chi connectivity index (χ1) is 5.41. The molecule has 0 amide bonds. The lowest BCUT2D eigenvalue weighted by Gasteiger charge is -1.99. The zero-order valence-electron chi connectivity index (χ0n) is 7.64. The molecule has 0 aromatic carbocycles. The molecule has 1 nitrogen and oxygen atoms in total. The number of hydrogen-bond acceptors (Lipinski definition) is 1. The molecular weight excluding hydrogens is 155 g/mol. The molecule has 2 heteroatoms. The van der Waals surface area contributed by atoms with Crippen LogP contribution in [0, 0.1) is 0 Å². The van der Waals surface area contributed by atoms with E-state index in [1.165, 1.54) is 44.7 Å². The molecule has 0 aliphatic heterocycles. The van der Waals surface area contributed by atoms with Crippen molar-refractivity contribution >= 4 is 9.24 Å². The number of ether oxygens (including phenoxy) is 1. The Labute approximate surface area is 73.1 Å². The van der Waals surface area contributed by atoms with Gasteiger partial charge in [-0.2, -0.15) is 0 Å². The minimum atomic E-state index is 0.934. The lowest BCUT2D eigenvalue weighted by atomic mass is 10.1. The molecule has 68 valence electrons. The van der Waals surface area contributed by atoms with Gasteiger partial charge in [0.05, 0.1) is 0 Å². The largest absolute Gasteiger partial charge is 0.385 e. The van der Waals surface area contributed by atoms with Crippen molar-refractivity contribution in [3.63, 3.8) is 0 Å². The van der Waals surface area contributed by atoms with Crippen molar-refractivity contribution < 1.29 is 4.74 Å². The summed E-state index contributed by atoms with van der Waals surface area (Å²) in [4.78, 5) is 0. The Kier molecular flexibility index (Phi) is 10.8. The summed E-state index contributed by atoms with van der Waals surface area (Å²) in [6, 6.07) is 0. The SMILES string of the molecule is COCCCCCCCCP. The van der Waals surface area contributed by atoms with Crippen LogP contribution in [0.25, 0.3) is 0 Å². The fourth-order valence-corrected chi connectivity index (χ4v) is 1.39. The summed E-state index contributed by atoms with van der Waals surface area (Å²) in [7, 11) is 4.55. The van der Waals surface area contributed by atoms with Crippen LogP contribution >= 0.6 is 9.24 Å². The maximum absolute atomic E-state index is 4.97. The van der Waals surface area contributed by atoms with Gasteiger partial charge >= 0.3 is 0 Å². The Balaban J connectivity index is 2.69. The monoisotopic (exact) mass is 176 g/mol. The summed E-state index contributed by atoms with van der Waals surface area (Å²) in [5, 5.41) is 0. The van der Waals surface area contributed by atoms with Crippen LogP contribution < -0.4 is 0 Å². The van der Waals surface area contributed by atoms with E-state index in [4.69, 9.17) is 4.74 Å². The van der Waals surface area contributed by atoms with Crippen LogP contribution in [0.3, 0.4) is 0 Å². The number of hydrogen-bond donors (Lipinski definition) is 0. The molecule has 0 heterocycles. The minimum absolute atomic E-state index is 0.934. The third-order valence-electron chi connectivity index (χ3n) is 1.80. The van der Waals surface area contributed by atoms with Gasteiger partial charge in [-0.05, 0) is 19.0 Å². The second-order valence-electron chi connectivity index (χ2n) is 2.90. The topological polar surface area (TPSA) is 9.23 Å². The molecule has 1 atom stereocenters. The number of unbranched alkanes of at least 4 members (excludes halogenated alkanes) is 5. The summed E-state index contributed by atoms with van der Waals surface area (Å²) in [5.74, 6) is 0. The molecule has 0 radical (unpaired) electrons. The Morgan fingerprint density at radius 1 is 0.909 bits per heavy atom. The lowest BCUT2D eigenvalue weighted by molar-refractivity contribution is 0.192. The zero-order chi connectivity index (χ0) is 8.36. The highest BCUT2D eigenvalue weighted by Crippen LogP contribution is 2.06. The Bertz CT molecular complexity index is 58.6. The van der Waals surface area contributed by atoms with E-state index in [2.05, 4.69) is 9.24 Å². The standard InChI is InChI=1S/C9H21OP/c1-10-8-6-4-2-3-5-7-9-11/h2-9,11H2,1H3.